The highest BCUT2D eigenvalue weighted by molar-refractivity contribution is 5.73. The number of carbonyl (C=O) groups is 1. The summed E-state index contributed by atoms with van der Waals surface area (Å²) in [6.07, 6.45) is 5.71. The molecular formula is C9H15NO2. The van der Waals surface area contributed by atoms with Crippen LogP contribution < -0.4 is 5.32 Å². The van der Waals surface area contributed by atoms with Gasteiger partial charge in [0.2, 0.25) is 0 Å². The van der Waals surface area contributed by atoms with E-state index < -0.39 is 5.97 Å². The van der Waals surface area contributed by atoms with E-state index in [1.54, 1.807) is 0 Å². The van der Waals surface area contributed by atoms with Gasteiger partial charge in [-0.2, -0.15) is 0 Å². The molecule has 0 aromatic heterocycles. The van der Waals surface area contributed by atoms with Crippen LogP contribution in [-0.4, -0.2) is 23.2 Å². The molecule has 1 saturated heterocycles. The maximum absolute atomic E-state index is 10.7. The molecular weight excluding hydrogens is 154 g/mol. The van der Waals surface area contributed by atoms with Gasteiger partial charge in [0.05, 0.1) is 0 Å². The standard InChI is InChI=1S/C9H15NO2/c11-9(12)8-5-6-2-1-3-7(4-6)10-8/h6-8,10H,1-5H2,(H,11,12)/t6-,7-,8-/m0/s1. The molecule has 0 unspecified atom stereocenters. The smallest absolute Gasteiger partial charge is 0.320 e. The highest BCUT2D eigenvalue weighted by atomic mass is 16.4. The van der Waals surface area contributed by atoms with E-state index in [-0.39, 0.29) is 6.04 Å². The quantitative estimate of drug-likeness (QED) is 0.615. The number of fused-ring (bicyclic) bond motifs is 2. The van der Waals surface area contributed by atoms with Crippen molar-refractivity contribution in [2.45, 2.75) is 44.2 Å². The Morgan fingerprint density at radius 1 is 1.33 bits per heavy atom. The Bertz CT molecular complexity index is 181. The van der Waals surface area contributed by atoms with Gasteiger partial charge in [-0.1, -0.05) is 12.8 Å². The minimum Gasteiger partial charge on any atom is -0.480 e. The lowest BCUT2D eigenvalue weighted by atomic mass is 9.78. The first kappa shape index (κ1) is 8.05. The van der Waals surface area contributed by atoms with Crippen molar-refractivity contribution in [3.8, 4) is 0 Å². The number of rotatable bonds is 1. The number of hydrogen-bond acceptors (Lipinski definition) is 2. The maximum atomic E-state index is 10.7. The molecule has 2 N–H and O–H groups in total. The second-order valence-corrected chi connectivity index (χ2v) is 4.02. The molecule has 0 aromatic carbocycles. The average molecular weight is 169 g/mol. The second kappa shape index (κ2) is 3.05. The normalized spacial score (nSPS) is 40.8. The summed E-state index contributed by atoms with van der Waals surface area (Å²) in [6, 6.07) is 0.215. The van der Waals surface area contributed by atoms with Crippen molar-refractivity contribution < 1.29 is 9.90 Å². The third-order valence-electron chi connectivity index (χ3n) is 3.09. The van der Waals surface area contributed by atoms with Crippen LogP contribution in [0.2, 0.25) is 0 Å². The van der Waals surface area contributed by atoms with Gasteiger partial charge in [0.15, 0.2) is 0 Å². The molecule has 68 valence electrons. The van der Waals surface area contributed by atoms with E-state index in [4.69, 9.17) is 5.11 Å². The van der Waals surface area contributed by atoms with Crippen LogP contribution in [0.25, 0.3) is 0 Å². The van der Waals surface area contributed by atoms with Gasteiger partial charge in [0.25, 0.3) is 0 Å². The third-order valence-corrected chi connectivity index (χ3v) is 3.09. The number of carboxylic acid groups (broad SMARTS) is 1. The average Bonchev–Trinajstić information content (AvgIpc) is 2.03. The second-order valence-electron chi connectivity index (χ2n) is 4.02. The molecule has 3 atom stereocenters. The van der Waals surface area contributed by atoms with Gasteiger partial charge in [-0.25, -0.2) is 0 Å². The fraction of sp³-hybridized carbons (Fsp3) is 0.889. The van der Waals surface area contributed by atoms with E-state index in [1.165, 1.54) is 25.7 Å². The van der Waals surface area contributed by atoms with Crippen LogP contribution in [0.4, 0.5) is 0 Å². The Morgan fingerprint density at radius 2 is 2.17 bits per heavy atom. The van der Waals surface area contributed by atoms with Crippen LogP contribution in [0.5, 0.6) is 0 Å². The summed E-state index contributed by atoms with van der Waals surface area (Å²) in [7, 11) is 0. The van der Waals surface area contributed by atoms with Crippen molar-refractivity contribution in [2.24, 2.45) is 5.92 Å². The van der Waals surface area contributed by atoms with E-state index in [2.05, 4.69) is 5.32 Å². The first-order valence-corrected chi connectivity index (χ1v) is 4.74. The van der Waals surface area contributed by atoms with Crippen molar-refractivity contribution in [3.63, 3.8) is 0 Å². The maximum Gasteiger partial charge on any atom is 0.320 e. The van der Waals surface area contributed by atoms with Crippen LogP contribution in [0.3, 0.4) is 0 Å². The zero-order valence-electron chi connectivity index (χ0n) is 7.12. The van der Waals surface area contributed by atoms with Crippen LogP contribution >= 0.6 is 0 Å². The topological polar surface area (TPSA) is 49.3 Å². The molecule has 2 fully saturated rings. The molecule has 3 heteroatoms. The van der Waals surface area contributed by atoms with Gasteiger partial charge in [0.1, 0.15) is 6.04 Å². The number of aliphatic carboxylic acids is 1. The summed E-state index contributed by atoms with van der Waals surface area (Å²) in [6.45, 7) is 0. The van der Waals surface area contributed by atoms with Crippen molar-refractivity contribution in [1.29, 1.82) is 0 Å². The van der Waals surface area contributed by atoms with Crippen molar-refractivity contribution >= 4 is 5.97 Å². The molecule has 0 aromatic rings. The zero-order valence-corrected chi connectivity index (χ0v) is 7.12. The fourth-order valence-corrected chi connectivity index (χ4v) is 2.51. The Morgan fingerprint density at radius 3 is 2.83 bits per heavy atom. The molecule has 1 aliphatic carbocycles. The molecule has 2 rings (SSSR count). The van der Waals surface area contributed by atoms with Gasteiger partial charge < -0.3 is 10.4 Å². The lowest BCUT2D eigenvalue weighted by Crippen LogP contribution is -2.51. The van der Waals surface area contributed by atoms with E-state index in [0.717, 1.165) is 6.42 Å². The van der Waals surface area contributed by atoms with E-state index >= 15 is 0 Å². The van der Waals surface area contributed by atoms with Gasteiger partial charge in [0, 0.05) is 6.04 Å². The van der Waals surface area contributed by atoms with Gasteiger partial charge in [-0.15, -0.1) is 0 Å². The molecule has 2 aliphatic rings. The largest absolute Gasteiger partial charge is 0.480 e. The highest BCUT2D eigenvalue weighted by Gasteiger charge is 2.34. The summed E-state index contributed by atoms with van der Waals surface area (Å²) in [5, 5.41) is 12.0. The van der Waals surface area contributed by atoms with Gasteiger partial charge in [-0.05, 0) is 25.2 Å². The van der Waals surface area contributed by atoms with Crippen LogP contribution in [0.1, 0.15) is 32.1 Å². The zero-order chi connectivity index (χ0) is 8.55. The first-order valence-electron chi connectivity index (χ1n) is 4.74. The molecule has 3 nitrogen and oxygen atoms in total. The number of nitrogens with one attached hydrogen (secondary N) is 1. The molecule has 0 amide bonds. The molecule has 1 heterocycles. The van der Waals surface area contributed by atoms with Crippen molar-refractivity contribution in [1.82, 2.24) is 5.32 Å². The molecule has 1 saturated carbocycles. The van der Waals surface area contributed by atoms with Gasteiger partial charge in [-0.3, -0.25) is 4.79 Å². The highest BCUT2D eigenvalue weighted by Crippen LogP contribution is 2.32. The summed E-state index contributed by atoms with van der Waals surface area (Å²) >= 11 is 0. The van der Waals surface area contributed by atoms with Crippen LogP contribution in [0.15, 0.2) is 0 Å². The van der Waals surface area contributed by atoms with Crippen molar-refractivity contribution in [2.75, 3.05) is 0 Å². The lowest BCUT2D eigenvalue weighted by Gasteiger charge is -2.38. The Kier molecular flexibility index (Phi) is 2.05. The minimum atomic E-state index is -0.674. The lowest BCUT2D eigenvalue weighted by molar-refractivity contribution is -0.141. The predicted molar refractivity (Wildman–Crippen MR) is 44.9 cm³/mol. The molecule has 12 heavy (non-hydrogen) atoms. The molecule has 0 spiro atoms. The van der Waals surface area contributed by atoms with E-state index in [1.807, 2.05) is 0 Å². The van der Waals surface area contributed by atoms with Crippen LogP contribution in [0, 0.1) is 5.92 Å². The van der Waals surface area contributed by atoms with E-state index in [9.17, 15) is 4.79 Å². The van der Waals surface area contributed by atoms with E-state index in [0.29, 0.717) is 12.0 Å². The summed E-state index contributed by atoms with van der Waals surface area (Å²) in [5.74, 6) is -0.00213. The summed E-state index contributed by atoms with van der Waals surface area (Å²) < 4.78 is 0. The minimum absolute atomic E-state index is 0.269. The molecule has 2 bridgehead atoms. The Labute approximate surface area is 72.2 Å². The third kappa shape index (κ3) is 1.46. The Balaban J connectivity index is 2.00. The van der Waals surface area contributed by atoms with Crippen molar-refractivity contribution in [3.05, 3.63) is 0 Å². The molecule has 0 radical (unpaired) electrons. The number of carboxylic acids is 1. The molecule has 1 aliphatic heterocycles. The van der Waals surface area contributed by atoms with Crippen LogP contribution in [-0.2, 0) is 4.79 Å². The first-order chi connectivity index (χ1) is 5.75. The number of piperidine rings is 1. The number of hydrogen-bond donors (Lipinski definition) is 2. The summed E-state index contributed by atoms with van der Waals surface area (Å²) in [5.41, 5.74) is 0. The fourth-order valence-electron chi connectivity index (χ4n) is 2.51. The summed E-state index contributed by atoms with van der Waals surface area (Å²) in [4.78, 5) is 10.7. The Hall–Kier alpha value is -0.570. The monoisotopic (exact) mass is 169 g/mol. The SMILES string of the molecule is O=C(O)[C@@H]1C[C@H]2CCC[C@@H](C2)N1. The van der Waals surface area contributed by atoms with Gasteiger partial charge >= 0.3 is 5.97 Å². The predicted octanol–water partition coefficient (Wildman–Crippen LogP) is 0.992.